The Bertz CT molecular complexity index is 366. The van der Waals surface area contributed by atoms with E-state index in [9.17, 15) is 0 Å². The van der Waals surface area contributed by atoms with E-state index in [1.165, 1.54) is 0 Å². The van der Waals surface area contributed by atoms with Crippen LogP contribution in [-0.2, 0) is 0 Å². The summed E-state index contributed by atoms with van der Waals surface area (Å²) in [6.45, 7) is 4.85. The van der Waals surface area contributed by atoms with E-state index in [2.05, 4.69) is 26.0 Å². The first kappa shape index (κ1) is 10.5. The van der Waals surface area contributed by atoms with Crippen molar-refractivity contribution in [2.24, 2.45) is 46.3 Å². The Kier molecular flexibility index (Phi) is 1.70. The molecule has 0 aromatic heterocycles. The lowest BCUT2D eigenvalue weighted by molar-refractivity contribution is -0.243. The van der Waals surface area contributed by atoms with E-state index in [4.69, 9.17) is 0 Å². The Morgan fingerprint density at radius 2 is 1.11 bits per heavy atom. The Morgan fingerprint density at radius 1 is 0.722 bits per heavy atom. The number of rotatable bonds is 1. The first-order valence-corrected chi connectivity index (χ1v) is 8.27. The average Bonchev–Trinajstić information content (AvgIpc) is 2.34. The van der Waals surface area contributed by atoms with Crippen LogP contribution < -0.4 is 0 Å². The van der Waals surface area contributed by atoms with Gasteiger partial charge in [0.1, 0.15) is 0 Å². The van der Waals surface area contributed by atoms with Crippen LogP contribution >= 0.6 is 0 Å². The van der Waals surface area contributed by atoms with E-state index in [0.717, 1.165) is 40.9 Å². The van der Waals surface area contributed by atoms with Crippen molar-refractivity contribution < 1.29 is 0 Å². The molecule has 7 saturated carbocycles. The van der Waals surface area contributed by atoms with E-state index >= 15 is 0 Å². The molecule has 0 nitrogen and oxygen atoms in total. The maximum atomic E-state index is 2.62. The Morgan fingerprint density at radius 3 is 1.50 bits per heavy atom. The van der Waals surface area contributed by atoms with Crippen molar-refractivity contribution in [1.82, 2.24) is 0 Å². The van der Waals surface area contributed by atoms with Gasteiger partial charge in [-0.05, 0) is 91.8 Å². The van der Waals surface area contributed by atoms with Crippen LogP contribution in [0.25, 0.3) is 0 Å². The highest BCUT2D eigenvalue weighted by Crippen LogP contribution is 2.76. The van der Waals surface area contributed by atoms with Crippen molar-refractivity contribution in [3.8, 4) is 0 Å². The van der Waals surface area contributed by atoms with Crippen molar-refractivity contribution >= 4 is 0 Å². The fourth-order valence-electron chi connectivity index (χ4n) is 7.89. The molecule has 0 heteroatoms. The quantitative estimate of drug-likeness (QED) is 0.587. The number of hydrogen-bond acceptors (Lipinski definition) is 0. The molecule has 18 heavy (non-hydrogen) atoms. The predicted molar refractivity (Wildman–Crippen MR) is 74.0 cm³/mol. The summed E-state index contributed by atoms with van der Waals surface area (Å²) in [5, 5.41) is 0. The fraction of sp³-hybridized carbons (Fsp3) is 0.889. The molecule has 0 atom stereocenters. The monoisotopic (exact) mass is 242 g/mol. The molecule has 0 spiro atoms. The smallest absolute Gasteiger partial charge is 0.0110 e. The second-order valence-corrected chi connectivity index (χ2v) is 8.88. The molecule has 0 heterocycles. The molecule has 7 rings (SSSR count). The lowest BCUT2D eigenvalue weighted by atomic mass is 9.31. The van der Waals surface area contributed by atoms with Gasteiger partial charge in [0.2, 0.25) is 0 Å². The fourth-order valence-corrected chi connectivity index (χ4v) is 7.89. The second kappa shape index (κ2) is 2.91. The minimum atomic E-state index is 0.656. The van der Waals surface area contributed by atoms with Crippen LogP contribution in [0.4, 0.5) is 0 Å². The first-order chi connectivity index (χ1) is 8.63. The van der Waals surface area contributed by atoms with Gasteiger partial charge in [-0.1, -0.05) is 19.1 Å². The van der Waals surface area contributed by atoms with Gasteiger partial charge >= 0.3 is 0 Å². The molecular formula is C18H26. The van der Waals surface area contributed by atoms with E-state index in [1.54, 1.807) is 38.5 Å². The maximum absolute atomic E-state index is 2.62. The zero-order valence-electron chi connectivity index (χ0n) is 11.9. The highest BCUT2D eigenvalue weighted by molar-refractivity contribution is 5.21. The third kappa shape index (κ3) is 1.03. The molecule has 0 aliphatic heterocycles. The molecular weight excluding hydrogens is 216 g/mol. The first-order valence-electron chi connectivity index (χ1n) is 8.27. The molecule has 7 aliphatic rings. The van der Waals surface area contributed by atoms with Crippen molar-refractivity contribution in [1.29, 1.82) is 0 Å². The summed E-state index contributed by atoms with van der Waals surface area (Å²) >= 11 is 0. The topological polar surface area (TPSA) is 0 Å². The largest absolute Gasteiger partial charge is 0.0911 e. The summed E-state index contributed by atoms with van der Waals surface area (Å²) in [4.78, 5) is 0. The van der Waals surface area contributed by atoms with Gasteiger partial charge in [0.05, 0.1) is 0 Å². The molecule has 8 bridgehead atoms. The van der Waals surface area contributed by atoms with Crippen LogP contribution in [0, 0.1) is 46.3 Å². The summed E-state index contributed by atoms with van der Waals surface area (Å²) in [6.07, 6.45) is 14.4. The summed E-state index contributed by atoms with van der Waals surface area (Å²) in [7, 11) is 0. The van der Waals surface area contributed by atoms with Gasteiger partial charge in [0.15, 0.2) is 0 Å². The minimum Gasteiger partial charge on any atom is -0.0911 e. The predicted octanol–water partition coefficient (Wildman–Crippen LogP) is 4.66. The van der Waals surface area contributed by atoms with Crippen molar-refractivity contribution in [2.75, 3.05) is 0 Å². The SMILES string of the molecule is C/C=C/C12CC3C4CC5(C)CC3C(C1)C(C5)C4C2. The summed E-state index contributed by atoms with van der Waals surface area (Å²) < 4.78 is 0. The zero-order chi connectivity index (χ0) is 12.1. The van der Waals surface area contributed by atoms with Gasteiger partial charge in [-0.2, -0.15) is 0 Å². The van der Waals surface area contributed by atoms with Gasteiger partial charge in [0.25, 0.3) is 0 Å². The minimum absolute atomic E-state index is 0.656. The average molecular weight is 242 g/mol. The summed E-state index contributed by atoms with van der Waals surface area (Å²) in [5.41, 5.74) is 1.42. The maximum Gasteiger partial charge on any atom is -0.0110 e. The molecule has 0 unspecified atom stereocenters. The number of hydrogen-bond donors (Lipinski definition) is 0. The van der Waals surface area contributed by atoms with Crippen LogP contribution in [-0.4, -0.2) is 0 Å². The van der Waals surface area contributed by atoms with Crippen LogP contribution in [0.2, 0.25) is 0 Å². The Labute approximate surface area is 111 Å². The van der Waals surface area contributed by atoms with E-state index in [-0.39, 0.29) is 0 Å². The van der Waals surface area contributed by atoms with Crippen LogP contribution in [0.15, 0.2) is 12.2 Å². The third-order valence-electron chi connectivity index (χ3n) is 7.93. The second-order valence-electron chi connectivity index (χ2n) is 8.88. The van der Waals surface area contributed by atoms with Gasteiger partial charge in [-0.25, -0.2) is 0 Å². The van der Waals surface area contributed by atoms with Gasteiger partial charge < -0.3 is 0 Å². The van der Waals surface area contributed by atoms with E-state index in [0.29, 0.717) is 5.41 Å². The Hall–Kier alpha value is -0.260. The molecule has 0 aromatic carbocycles. The van der Waals surface area contributed by atoms with Gasteiger partial charge in [-0.3, -0.25) is 0 Å². The van der Waals surface area contributed by atoms with Crippen LogP contribution in [0.3, 0.4) is 0 Å². The highest BCUT2D eigenvalue weighted by Gasteiger charge is 2.68. The standard InChI is InChI=1S/C18H26/c1-3-4-18-8-14-11-5-17(2)6-12(14)16(10-18)13(7-17)15(11)9-18/h3-4,11-16H,5-10H2,1-2H3/b4-3+. The van der Waals surface area contributed by atoms with Gasteiger partial charge in [0, 0.05) is 0 Å². The molecule has 98 valence electrons. The molecule has 0 N–H and O–H groups in total. The molecule has 0 saturated heterocycles. The molecule has 0 amide bonds. The molecule has 0 aromatic rings. The van der Waals surface area contributed by atoms with Crippen molar-refractivity contribution in [2.45, 2.75) is 52.4 Å². The highest BCUT2D eigenvalue weighted by atomic mass is 14.7. The normalized spacial score (nSPS) is 67.4. The zero-order valence-corrected chi connectivity index (χ0v) is 11.9. The number of allylic oxidation sites excluding steroid dienone is 2. The molecule has 7 fully saturated rings. The summed E-state index contributed by atoms with van der Waals surface area (Å²) in [6, 6.07) is 0. The lowest BCUT2D eigenvalue weighted by Gasteiger charge is -2.74. The molecule has 0 radical (unpaired) electrons. The molecule has 7 aliphatic carbocycles. The Balaban J connectivity index is 1.62. The third-order valence-corrected chi connectivity index (χ3v) is 7.93. The van der Waals surface area contributed by atoms with Gasteiger partial charge in [-0.15, -0.1) is 0 Å². The van der Waals surface area contributed by atoms with Crippen LogP contribution in [0.5, 0.6) is 0 Å². The van der Waals surface area contributed by atoms with Crippen molar-refractivity contribution in [3.05, 3.63) is 12.2 Å². The lowest BCUT2D eigenvalue weighted by Crippen LogP contribution is -2.66. The van der Waals surface area contributed by atoms with Crippen LogP contribution in [0.1, 0.15) is 52.4 Å². The van der Waals surface area contributed by atoms with E-state index < -0.39 is 0 Å². The summed E-state index contributed by atoms with van der Waals surface area (Å²) in [5.74, 6) is 6.81. The van der Waals surface area contributed by atoms with E-state index in [1.807, 2.05) is 0 Å². The van der Waals surface area contributed by atoms with Crippen molar-refractivity contribution in [3.63, 3.8) is 0 Å².